The number of carbonyl (C=O) groups excluding carboxylic acids is 3. The van der Waals surface area contributed by atoms with Gasteiger partial charge in [-0.25, -0.2) is 8.42 Å². The largest absolute Gasteiger partial charge is 0.454 e. The van der Waals surface area contributed by atoms with Crippen molar-refractivity contribution in [3.63, 3.8) is 0 Å². The Hall–Kier alpha value is -2.06. The lowest BCUT2D eigenvalue weighted by Crippen LogP contribution is -2.53. The molecule has 0 radical (unpaired) electrons. The van der Waals surface area contributed by atoms with E-state index in [1.807, 2.05) is 0 Å². The van der Waals surface area contributed by atoms with Crippen molar-refractivity contribution in [3.8, 4) is 0 Å². The maximum atomic E-state index is 13.2. The van der Waals surface area contributed by atoms with Crippen molar-refractivity contribution < 1.29 is 27.5 Å². The summed E-state index contributed by atoms with van der Waals surface area (Å²) in [5, 5.41) is 0. The van der Waals surface area contributed by atoms with Gasteiger partial charge in [0, 0.05) is 11.0 Å². The van der Waals surface area contributed by atoms with Gasteiger partial charge >= 0.3 is 5.97 Å². The van der Waals surface area contributed by atoms with Crippen LogP contribution in [0.4, 0.5) is 0 Å². The molecule has 0 amide bonds. The number of carbonyl (C=O) groups is 3. The third-order valence-electron chi connectivity index (χ3n) is 7.22. The quantitative estimate of drug-likeness (QED) is 0.485. The molecule has 7 nitrogen and oxygen atoms in total. The van der Waals surface area contributed by atoms with Crippen LogP contribution in [0.3, 0.4) is 0 Å². The highest BCUT2D eigenvalue weighted by Gasteiger charge is 2.55. The highest BCUT2D eigenvalue weighted by atomic mass is 32.2. The first kappa shape index (κ1) is 22.1. The minimum atomic E-state index is -3.94. The summed E-state index contributed by atoms with van der Waals surface area (Å²) >= 11 is 0. The fourth-order valence-corrected chi connectivity index (χ4v) is 7.21. The average Bonchev–Trinajstić information content (AvgIpc) is 2.71. The van der Waals surface area contributed by atoms with Gasteiger partial charge in [-0.2, -0.15) is 4.72 Å². The van der Waals surface area contributed by atoms with Crippen LogP contribution in [0.1, 0.15) is 62.7 Å². The predicted molar refractivity (Wildman–Crippen MR) is 113 cm³/mol. The van der Waals surface area contributed by atoms with E-state index in [0.29, 0.717) is 23.3 Å². The summed E-state index contributed by atoms with van der Waals surface area (Å²) in [5.41, 5.74) is 0.0299. The van der Waals surface area contributed by atoms with Crippen LogP contribution >= 0.6 is 0 Å². The Morgan fingerprint density at radius 3 is 2.03 bits per heavy atom. The zero-order chi connectivity index (χ0) is 22.4. The fourth-order valence-electron chi connectivity index (χ4n) is 6.24. The zero-order valence-electron chi connectivity index (χ0n) is 17.9. The molecule has 8 heteroatoms. The Kier molecular flexibility index (Phi) is 5.81. The van der Waals surface area contributed by atoms with Gasteiger partial charge in [-0.3, -0.25) is 14.4 Å². The Morgan fingerprint density at radius 1 is 1.03 bits per heavy atom. The van der Waals surface area contributed by atoms with E-state index in [1.165, 1.54) is 50.5 Å². The summed E-state index contributed by atoms with van der Waals surface area (Å²) in [4.78, 5) is 36.7. The van der Waals surface area contributed by atoms with Crippen LogP contribution in [-0.2, 0) is 24.3 Å². The molecule has 5 rings (SSSR count). The lowest BCUT2D eigenvalue weighted by atomic mass is 9.48. The number of esters is 1. The topological polar surface area (TPSA) is 107 Å². The number of rotatable bonds is 8. The van der Waals surface area contributed by atoms with Crippen molar-refractivity contribution >= 4 is 27.6 Å². The summed E-state index contributed by atoms with van der Waals surface area (Å²) in [5.74, 6) is 0.869. The number of ketones is 2. The van der Waals surface area contributed by atoms with Crippen molar-refractivity contribution in [1.82, 2.24) is 4.72 Å². The normalized spacial score (nSPS) is 30.1. The smallest absolute Gasteiger partial charge is 0.321 e. The first-order chi connectivity index (χ1) is 14.6. The molecule has 0 aliphatic heterocycles. The molecular formula is C23H29NO6S. The maximum absolute atomic E-state index is 13.2. The minimum absolute atomic E-state index is 0.0115. The van der Waals surface area contributed by atoms with Crippen molar-refractivity contribution in [2.45, 2.75) is 63.4 Å². The monoisotopic (exact) mass is 447 g/mol. The van der Waals surface area contributed by atoms with Gasteiger partial charge in [0.15, 0.2) is 17.7 Å². The van der Waals surface area contributed by atoms with E-state index < -0.39 is 28.6 Å². The Bertz CT molecular complexity index is 962. The van der Waals surface area contributed by atoms with Crippen LogP contribution in [0.2, 0.25) is 0 Å². The van der Waals surface area contributed by atoms with Crippen LogP contribution in [0.25, 0.3) is 0 Å². The molecule has 4 saturated carbocycles. The van der Waals surface area contributed by atoms with E-state index >= 15 is 0 Å². The Morgan fingerprint density at radius 2 is 1.55 bits per heavy atom. The van der Waals surface area contributed by atoms with Gasteiger partial charge < -0.3 is 4.74 Å². The third-order valence-corrected chi connectivity index (χ3v) is 8.63. The number of Topliss-reactive ketones (excluding diaryl/α,β-unsaturated/α-hetero) is 2. The molecule has 0 unspecified atom stereocenters. The minimum Gasteiger partial charge on any atom is -0.454 e. The molecule has 1 aromatic carbocycles. The van der Waals surface area contributed by atoms with Gasteiger partial charge in [-0.1, -0.05) is 12.1 Å². The third kappa shape index (κ3) is 4.46. The second-order valence-electron chi connectivity index (χ2n) is 9.60. The van der Waals surface area contributed by atoms with Crippen LogP contribution in [0, 0.1) is 23.2 Å². The lowest BCUT2D eigenvalue weighted by molar-refractivity contribution is -0.164. The Balaban J connectivity index is 1.33. The standard InChI is InChI=1S/C23H29NO6S/c1-14(25)19-3-5-20(6-4-19)31(28,29)24-13-21(26)30-15(2)22(27)23-10-16-7-17(11-23)9-18(8-16)12-23/h3-6,15-18,24H,7-13H2,1-2H3/t15-,16?,17?,18?,23?/m1/s1. The van der Waals surface area contributed by atoms with Crippen LogP contribution in [-0.4, -0.2) is 38.6 Å². The maximum Gasteiger partial charge on any atom is 0.321 e. The first-order valence-electron chi connectivity index (χ1n) is 10.9. The van der Waals surface area contributed by atoms with Gasteiger partial charge in [0.2, 0.25) is 10.0 Å². The molecule has 0 heterocycles. The number of benzene rings is 1. The van der Waals surface area contributed by atoms with Crippen LogP contribution in [0.5, 0.6) is 0 Å². The molecule has 4 bridgehead atoms. The van der Waals surface area contributed by atoms with Crippen molar-refractivity contribution in [1.29, 1.82) is 0 Å². The number of hydrogen-bond acceptors (Lipinski definition) is 6. The van der Waals surface area contributed by atoms with Crippen molar-refractivity contribution in [3.05, 3.63) is 29.8 Å². The lowest BCUT2D eigenvalue weighted by Gasteiger charge is -2.56. The second-order valence-corrected chi connectivity index (χ2v) is 11.4. The van der Waals surface area contributed by atoms with E-state index in [9.17, 15) is 22.8 Å². The molecule has 1 aromatic rings. The van der Waals surface area contributed by atoms with E-state index in [1.54, 1.807) is 6.92 Å². The highest BCUT2D eigenvalue weighted by molar-refractivity contribution is 7.89. The molecule has 168 valence electrons. The SMILES string of the molecule is CC(=O)c1ccc(S(=O)(=O)NCC(=O)O[C@H](C)C(=O)C23CC4CC(CC(C4)C2)C3)cc1. The first-order valence-corrected chi connectivity index (χ1v) is 12.4. The zero-order valence-corrected chi connectivity index (χ0v) is 18.7. The number of ether oxygens (including phenoxy) is 1. The summed E-state index contributed by atoms with van der Waals surface area (Å²) in [6, 6.07) is 5.45. The number of hydrogen-bond donors (Lipinski definition) is 1. The summed E-state index contributed by atoms with van der Waals surface area (Å²) in [6.07, 6.45) is 5.44. The fraction of sp³-hybridized carbons (Fsp3) is 0.609. The van der Waals surface area contributed by atoms with Crippen LogP contribution < -0.4 is 4.72 Å². The van der Waals surface area contributed by atoms with Crippen molar-refractivity contribution in [2.75, 3.05) is 6.54 Å². The van der Waals surface area contributed by atoms with Gasteiger partial charge in [0.25, 0.3) is 0 Å². The predicted octanol–water partition coefficient (Wildman–Crippen LogP) is 2.88. The number of nitrogens with one attached hydrogen (secondary N) is 1. The van der Waals surface area contributed by atoms with E-state index in [-0.39, 0.29) is 21.9 Å². The molecule has 31 heavy (non-hydrogen) atoms. The molecule has 0 spiro atoms. The van der Waals surface area contributed by atoms with Gasteiger partial charge in [0.05, 0.1) is 4.90 Å². The molecule has 4 aliphatic carbocycles. The summed E-state index contributed by atoms with van der Waals surface area (Å²) < 4.78 is 32.3. The van der Waals surface area contributed by atoms with E-state index in [0.717, 1.165) is 19.3 Å². The summed E-state index contributed by atoms with van der Waals surface area (Å²) in [6.45, 7) is 2.42. The summed E-state index contributed by atoms with van der Waals surface area (Å²) in [7, 11) is -3.94. The number of sulfonamides is 1. The Labute approximate surface area is 183 Å². The van der Waals surface area contributed by atoms with Gasteiger partial charge in [-0.15, -0.1) is 0 Å². The van der Waals surface area contributed by atoms with Gasteiger partial charge in [-0.05, 0) is 82.3 Å². The van der Waals surface area contributed by atoms with E-state index in [2.05, 4.69) is 4.72 Å². The van der Waals surface area contributed by atoms with E-state index in [4.69, 9.17) is 4.74 Å². The molecule has 1 atom stereocenters. The highest BCUT2D eigenvalue weighted by Crippen LogP contribution is 2.60. The second kappa shape index (κ2) is 8.13. The molecule has 4 fully saturated rings. The van der Waals surface area contributed by atoms with Crippen molar-refractivity contribution in [2.24, 2.45) is 23.2 Å². The molecule has 4 aliphatic rings. The van der Waals surface area contributed by atoms with Crippen LogP contribution in [0.15, 0.2) is 29.2 Å². The molecule has 0 saturated heterocycles. The molecular weight excluding hydrogens is 418 g/mol. The van der Waals surface area contributed by atoms with Gasteiger partial charge in [0.1, 0.15) is 6.54 Å². The average molecular weight is 448 g/mol. The molecule has 1 N–H and O–H groups in total. The molecule has 0 aromatic heterocycles.